The molecule has 0 saturated heterocycles. The molecule has 1 amide bonds. The van der Waals surface area contributed by atoms with Crippen LogP contribution in [0, 0.1) is 0 Å². The molecule has 0 bridgehead atoms. The van der Waals surface area contributed by atoms with Gasteiger partial charge in [0.05, 0.1) is 11.9 Å². The zero-order valence-corrected chi connectivity index (χ0v) is 14.6. The number of rotatable bonds is 7. The van der Waals surface area contributed by atoms with Crippen LogP contribution in [0.3, 0.4) is 0 Å². The van der Waals surface area contributed by atoms with Crippen molar-refractivity contribution in [2.75, 3.05) is 11.6 Å². The van der Waals surface area contributed by atoms with Crippen molar-refractivity contribution in [3.63, 3.8) is 0 Å². The minimum Gasteiger partial charge on any atom is -0.365 e. The van der Waals surface area contributed by atoms with Crippen LogP contribution < -0.4 is 5.32 Å². The van der Waals surface area contributed by atoms with Gasteiger partial charge in [-0.2, -0.15) is 0 Å². The number of sulfone groups is 1. The van der Waals surface area contributed by atoms with E-state index in [1.165, 1.54) is 6.26 Å². The first-order valence-electron chi connectivity index (χ1n) is 8.10. The van der Waals surface area contributed by atoms with Gasteiger partial charge in [0.15, 0.2) is 9.84 Å². The summed E-state index contributed by atoms with van der Waals surface area (Å²) < 4.78 is 28.6. The molecular formula is C17H25NO4S. The Morgan fingerprint density at radius 2 is 2.04 bits per heavy atom. The molecule has 0 radical (unpaired) electrons. The van der Waals surface area contributed by atoms with Gasteiger partial charge >= 0.3 is 0 Å². The highest BCUT2D eigenvalue weighted by Gasteiger charge is 2.24. The molecule has 1 saturated carbocycles. The Hall–Kier alpha value is -1.40. The van der Waals surface area contributed by atoms with E-state index in [2.05, 4.69) is 5.32 Å². The minimum absolute atomic E-state index is 0.0352. The topological polar surface area (TPSA) is 72.5 Å². The highest BCUT2D eigenvalue weighted by molar-refractivity contribution is 7.89. The summed E-state index contributed by atoms with van der Waals surface area (Å²) in [5, 5.41) is 2.83. The smallest absolute Gasteiger partial charge is 0.253 e. The lowest BCUT2D eigenvalue weighted by molar-refractivity contribution is -0.131. The Morgan fingerprint density at radius 1 is 1.35 bits per heavy atom. The van der Waals surface area contributed by atoms with Crippen LogP contribution in [0.15, 0.2) is 24.3 Å². The zero-order valence-electron chi connectivity index (χ0n) is 13.7. The van der Waals surface area contributed by atoms with Crippen molar-refractivity contribution >= 4 is 21.4 Å². The summed E-state index contributed by atoms with van der Waals surface area (Å²) in [5.41, 5.74) is 1.26. The third-order valence-corrected chi connectivity index (χ3v) is 4.80. The van der Waals surface area contributed by atoms with E-state index < -0.39 is 15.9 Å². The summed E-state index contributed by atoms with van der Waals surface area (Å²) in [6.07, 6.45) is 5.90. The van der Waals surface area contributed by atoms with E-state index in [0.29, 0.717) is 17.7 Å². The molecule has 1 aromatic carbocycles. The van der Waals surface area contributed by atoms with Crippen molar-refractivity contribution in [1.29, 1.82) is 0 Å². The second-order valence-electron chi connectivity index (χ2n) is 6.20. The molecule has 1 fully saturated rings. The summed E-state index contributed by atoms with van der Waals surface area (Å²) in [5.74, 6) is -0.206. The maximum absolute atomic E-state index is 12.4. The second kappa shape index (κ2) is 7.93. The molecule has 0 aromatic heterocycles. The fraction of sp³-hybridized carbons (Fsp3) is 0.588. The molecule has 1 N–H and O–H groups in total. The van der Waals surface area contributed by atoms with Gasteiger partial charge < -0.3 is 10.1 Å². The molecule has 1 atom stereocenters. The van der Waals surface area contributed by atoms with Crippen molar-refractivity contribution in [2.24, 2.45) is 0 Å². The first kappa shape index (κ1) is 17.9. The van der Waals surface area contributed by atoms with E-state index in [4.69, 9.17) is 4.74 Å². The monoisotopic (exact) mass is 339 g/mol. The molecule has 0 spiro atoms. The third-order valence-electron chi connectivity index (χ3n) is 3.95. The van der Waals surface area contributed by atoms with E-state index in [-0.39, 0.29) is 17.8 Å². The fourth-order valence-corrected chi connectivity index (χ4v) is 3.65. The lowest BCUT2D eigenvalue weighted by Crippen LogP contribution is -2.32. The number of hydrogen-bond donors (Lipinski definition) is 1. The summed E-state index contributed by atoms with van der Waals surface area (Å²) in [6.45, 7) is 1.93. The number of anilines is 1. The Labute approximate surface area is 138 Å². The van der Waals surface area contributed by atoms with Crippen molar-refractivity contribution in [3.8, 4) is 0 Å². The molecule has 0 heterocycles. The summed E-state index contributed by atoms with van der Waals surface area (Å²) in [4.78, 5) is 12.4. The van der Waals surface area contributed by atoms with Crippen molar-refractivity contribution in [3.05, 3.63) is 29.8 Å². The van der Waals surface area contributed by atoms with Gasteiger partial charge in [0.1, 0.15) is 6.10 Å². The lowest BCUT2D eigenvalue weighted by atomic mass is 10.2. The predicted octanol–water partition coefficient (Wildman–Crippen LogP) is 2.91. The number of amides is 1. The summed E-state index contributed by atoms with van der Waals surface area (Å²) in [7, 11) is -3.10. The standard InChI is InChI=1S/C17H25NO4S/c1-3-16(22-15-9-4-5-10-15)17(19)18-14-8-6-7-13(11-14)12-23(2,20)21/h6-8,11,15-16H,3-5,9-10,12H2,1-2H3,(H,18,19). The normalized spacial score (nSPS) is 17.1. The number of benzene rings is 1. The van der Waals surface area contributed by atoms with E-state index in [0.717, 1.165) is 25.7 Å². The van der Waals surface area contributed by atoms with Crippen LogP contribution in [-0.2, 0) is 25.1 Å². The summed E-state index contributed by atoms with van der Waals surface area (Å²) in [6, 6.07) is 6.94. The molecule has 5 nitrogen and oxygen atoms in total. The maximum Gasteiger partial charge on any atom is 0.253 e. The van der Waals surface area contributed by atoms with Gasteiger partial charge in [-0.3, -0.25) is 4.79 Å². The molecule has 6 heteroatoms. The molecule has 1 unspecified atom stereocenters. The van der Waals surface area contributed by atoms with E-state index >= 15 is 0 Å². The number of carbonyl (C=O) groups excluding carboxylic acids is 1. The van der Waals surface area contributed by atoms with Gasteiger partial charge in [-0.25, -0.2) is 8.42 Å². The second-order valence-corrected chi connectivity index (χ2v) is 8.34. The first-order chi connectivity index (χ1) is 10.9. The van der Waals surface area contributed by atoms with Crippen LogP contribution in [0.2, 0.25) is 0 Å². The van der Waals surface area contributed by atoms with Gasteiger partial charge in [-0.15, -0.1) is 0 Å². The highest BCUT2D eigenvalue weighted by atomic mass is 32.2. The molecule has 1 aromatic rings. The Bertz CT molecular complexity index is 636. The molecule has 23 heavy (non-hydrogen) atoms. The molecule has 128 valence electrons. The third kappa shape index (κ3) is 5.95. The molecular weight excluding hydrogens is 314 g/mol. The average Bonchev–Trinajstić information content (AvgIpc) is 2.96. The molecule has 1 aliphatic rings. The van der Waals surface area contributed by atoms with Gasteiger partial charge in [0.2, 0.25) is 0 Å². The fourth-order valence-electron chi connectivity index (χ4n) is 2.86. The number of nitrogens with one attached hydrogen (secondary N) is 1. The first-order valence-corrected chi connectivity index (χ1v) is 10.2. The SMILES string of the molecule is CCC(OC1CCCC1)C(=O)Nc1cccc(CS(C)(=O)=O)c1. The van der Waals surface area contributed by atoms with Crippen molar-refractivity contribution < 1.29 is 17.9 Å². The largest absolute Gasteiger partial charge is 0.365 e. The molecule has 1 aliphatic carbocycles. The lowest BCUT2D eigenvalue weighted by Gasteiger charge is -2.20. The number of ether oxygens (including phenoxy) is 1. The van der Waals surface area contributed by atoms with Crippen LogP contribution >= 0.6 is 0 Å². The molecule has 0 aliphatic heterocycles. The number of carbonyl (C=O) groups is 1. The Kier molecular flexibility index (Phi) is 6.18. The highest BCUT2D eigenvalue weighted by Crippen LogP contribution is 2.23. The van der Waals surface area contributed by atoms with Gasteiger partial charge in [-0.05, 0) is 37.0 Å². The number of hydrogen-bond acceptors (Lipinski definition) is 4. The zero-order chi connectivity index (χ0) is 16.9. The van der Waals surface area contributed by atoms with E-state index in [1.807, 2.05) is 6.92 Å². The Balaban J connectivity index is 1.99. The predicted molar refractivity (Wildman–Crippen MR) is 91.0 cm³/mol. The van der Waals surface area contributed by atoms with Crippen LogP contribution in [0.25, 0.3) is 0 Å². The van der Waals surface area contributed by atoms with Crippen LogP contribution in [-0.4, -0.2) is 32.8 Å². The van der Waals surface area contributed by atoms with Gasteiger partial charge in [0, 0.05) is 11.9 Å². The molecule has 2 rings (SSSR count). The van der Waals surface area contributed by atoms with Crippen molar-refractivity contribution in [1.82, 2.24) is 0 Å². The van der Waals surface area contributed by atoms with E-state index in [9.17, 15) is 13.2 Å². The average molecular weight is 339 g/mol. The van der Waals surface area contributed by atoms with Gasteiger partial charge in [0.25, 0.3) is 5.91 Å². The van der Waals surface area contributed by atoms with Gasteiger partial charge in [-0.1, -0.05) is 31.9 Å². The summed E-state index contributed by atoms with van der Waals surface area (Å²) >= 11 is 0. The maximum atomic E-state index is 12.4. The van der Waals surface area contributed by atoms with Crippen LogP contribution in [0.5, 0.6) is 0 Å². The van der Waals surface area contributed by atoms with E-state index in [1.54, 1.807) is 24.3 Å². The van der Waals surface area contributed by atoms with Crippen molar-refractivity contribution in [2.45, 2.75) is 57.0 Å². The quantitative estimate of drug-likeness (QED) is 0.829. The van der Waals surface area contributed by atoms with Crippen LogP contribution in [0.4, 0.5) is 5.69 Å². The minimum atomic E-state index is -3.10. The Morgan fingerprint density at radius 3 is 2.65 bits per heavy atom. The van der Waals surface area contributed by atoms with Crippen LogP contribution in [0.1, 0.15) is 44.6 Å².